The molecule has 0 unspecified atom stereocenters. The molecule has 3 aromatic rings. The van der Waals surface area contributed by atoms with Gasteiger partial charge in [-0.1, -0.05) is 18.2 Å². The van der Waals surface area contributed by atoms with Gasteiger partial charge in [0, 0.05) is 24.6 Å². The van der Waals surface area contributed by atoms with Crippen LogP contribution in [-0.2, 0) is 12.8 Å². The predicted octanol–water partition coefficient (Wildman–Crippen LogP) is 4.87. The molecule has 1 aromatic heterocycles. The first-order chi connectivity index (χ1) is 14.5. The Bertz CT molecular complexity index is 1010. The summed E-state index contributed by atoms with van der Waals surface area (Å²) in [6.45, 7) is 6.80. The van der Waals surface area contributed by atoms with Gasteiger partial charge in [-0.05, 0) is 82.2 Å². The molecule has 1 saturated heterocycles. The maximum Gasteiger partial charge on any atom is 0.119 e. The van der Waals surface area contributed by atoms with Crippen molar-refractivity contribution in [2.75, 3.05) is 26.7 Å². The van der Waals surface area contributed by atoms with Crippen LogP contribution in [0.15, 0.2) is 42.5 Å². The summed E-state index contributed by atoms with van der Waals surface area (Å²) in [5.41, 5.74) is 5.36. The molecule has 0 radical (unpaired) electrons. The Hall–Kier alpha value is -2.66. The zero-order valence-corrected chi connectivity index (χ0v) is 18.3. The summed E-state index contributed by atoms with van der Waals surface area (Å²) in [6, 6.07) is 15.4. The number of aromatic nitrogens is 2. The van der Waals surface area contributed by atoms with E-state index < -0.39 is 0 Å². The van der Waals surface area contributed by atoms with Gasteiger partial charge >= 0.3 is 0 Å². The Kier molecular flexibility index (Phi) is 6.18. The molecule has 0 bridgehead atoms. The zero-order chi connectivity index (χ0) is 21.1. The maximum absolute atomic E-state index is 7.82. The van der Waals surface area contributed by atoms with Crippen molar-refractivity contribution in [3.8, 4) is 5.75 Å². The predicted molar refractivity (Wildman–Crippen MR) is 123 cm³/mol. The fourth-order valence-electron chi connectivity index (χ4n) is 4.45. The SMILES string of the molecule is CCOc1ccc(Cc2nc3cc(CC(C)=N)ccc3n2C2CCN(C)CC2)cc1. The van der Waals surface area contributed by atoms with E-state index in [1.54, 1.807) is 0 Å². The van der Waals surface area contributed by atoms with Gasteiger partial charge in [-0.3, -0.25) is 0 Å². The lowest BCUT2D eigenvalue weighted by molar-refractivity contribution is 0.222. The number of benzene rings is 2. The van der Waals surface area contributed by atoms with Gasteiger partial charge in [0.2, 0.25) is 0 Å². The van der Waals surface area contributed by atoms with Gasteiger partial charge in [0.05, 0.1) is 17.6 Å². The van der Waals surface area contributed by atoms with E-state index in [0.29, 0.717) is 24.8 Å². The van der Waals surface area contributed by atoms with Crippen molar-refractivity contribution in [1.29, 1.82) is 5.41 Å². The number of fused-ring (bicyclic) bond motifs is 1. The van der Waals surface area contributed by atoms with E-state index in [2.05, 4.69) is 46.8 Å². The molecule has 0 saturated carbocycles. The molecule has 2 heterocycles. The van der Waals surface area contributed by atoms with Crippen molar-refractivity contribution >= 4 is 16.7 Å². The number of piperidine rings is 1. The van der Waals surface area contributed by atoms with Crippen molar-refractivity contribution in [2.45, 2.75) is 45.6 Å². The summed E-state index contributed by atoms with van der Waals surface area (Å²) in [6.07, 6.45) is 3.80. The quantitative estimate of drug-likeness (QED) is 0.571. The molecule has 2 aromatic carbocycles. The minimum absolute atomic E-state index is 0.485. The smallest absolute Gasteiger partial charge is 0.119 e. The molecule has 0 spiro atoms. The summed E-state index contributed by atoms with van der Waals surface area (Å²) < 4.78 is 8.08. The van der Waals surface area contributed by atoms with Gasteiger partial charge in [0.1, 0.15) is 11.6 Å². The van der Waals surface area contributed by atoms with E-state index in [1.165, 1.54) is 11.1 Å². The molecule has 0 amide bonds. The lowest BCUT2D eigenvalue weighted by Gasteiger charge is -2.31. The van der Waals surface area contributed by atoms with Gasteiger partial charge in [0.25, 0.3) is 0 Å². The first kappa shape index (κ1) is 20.6. The Morgan fingerprint density at radius 1 is 1.10 bits per heavy atom. The van der Waals surface area contributed by atoms with Crippen LogP contribution in [0.3, 0.4) is 0 Å². The Morgan fingerprint density at radius 3 is 2.47 bits per heavy atom. The fraction of sp³-hybridized carbons (Fsp3) is 0.440. The Morgan fingerprint density at radius 2 is 1.80 bits per heavy atom. The van der Waals surface area contributed by atoms with Crippen LogP contribution in [-0.4, -0.2) is 46.9 Å². The Labute approximate surface area is 179 Å². The van der Waals surface area contributed by atoms with Crippen molar-refractivity contribution < 1.29 is 4.74 Å². The number of ether oxygens (including phenoxy) is 1. The molecule has 5 heteroatoms. The molecular weight excluding hydrogens is 372 g/mol. The molecule has 1 aliphatic heterocycles. The molecule has 4 rings (SSSR count). The van der Waals surface area contributed by atoms with Crippen LogP contribution in [0.4, 0.5) is 0 Å². The van der Waals surface area contributed by atoms with Gasteiger partial charge in [-0.15, -0.1) is 0 Å². The second kappa shape index (κ2) is 9.00. The van der Waals surface area contributed by atoms with Gasteiger partial charge in [0.15, 0.2) is 0 Å². The van der Waals surface area contributed by atoms with Crippen molar-refractivity contribution in [3.05, 3.63) is 59.4 Å². The number of likely N-dealkylation sites (tertiary alicyclic amines) is 1. The van der Waals surface area contributed by atoms with Crippen molar-refractivity contribution in [3.63, 3.8) is 0 Å². The third kappa shape index (κ3) is 4.57. The van der Waals surface area contributed by atoms with Crippen LogP contribution < -0.4 is 4.74 Å². The maximum atomic E-state index is 7.82. The first-order valence-corrected chi connectivity index (χ1v) is 11.0. The van der Waals surface area contributed by atoms with Crippen LogP contribution in [0.1, 0.15) is 49.7 Å². The largest absolute Gasteiger partial charge is 0.494 e. The van der Waals surface area contributed by atoms with E-state index in [9.17, 15) is 0 Å². The lowest BCUT2D eigenvalue weighted by Crippen LogP contribution is -2.32. The van der Waals surface area contributed by atoms with E-state index in [1.807, 2.05) is 26.0 Å². The summed E-state index contributed by atoms with van der Waals surface area (Å²) in [4.78, 5) is 7.49. The van der Waals surface area contributed by atoms with E-state index >= 15 is 0 Å². The van der Waals surface area contributed by atoms with Gasteiger partial charge in [-0.25, -0.2) is 4.98 Å². The number of hydrogen-bond donors (Lipinski definition) is 1. The average molecular weight is 405 g/mol. The minimum atomic E-state index is 0.485. The highest BCUT2D eigenvalue weighted by molar-refractivity contribution is 5.83. The van der Waals surface area contributed by atoms with Crippen LogP contribution in [0, 0.1) is 5.41 Å². The standard InChI is InChI=1S/C25H32N4O/c1-4-30-22-8-5-19(6-9-22)17-25-27-23-16-20(15-18(2)26)7-10-24(23)29(25)21-11-13-28(3)14-12-21/h5-10,16,21,26H,4,11-15,17H2,1-3H3. The van der Waals surface area contributed by atoms with Gasteiger partial charge in [-0.2, -0.15) is 0 Å². The molecule has 1 aliphatic rings. The van der Waals surface area contributed by atoms with Crippen LogP contribution in [0.5, 0.6) is 5.75 Å². The fourth-order valence-corrected chi connectivity index (χ4v) is 4.45. The highest BCUT2D eigenvalue weighted by Crippen LogP contribution is 2.30. The topological polar surface area (TPSA) is 54.1 Å². The number of rotatable bonds is 7. The molecule has 5 nitrogen and oxygen atoms in total. The van der Waals surface area contributed by atoms with Gasteiger partial charge < -0.3 is 19.6 Å². The molecule has 158 valence electrons. The third-order valence-electron chi connectivity index (χ3n) is 5.95. The normalized spacial score (nSPS) is 15.6. The number of nitrogens with one attached hydrogen (secondary N) is 1. The van der Waals surface area contributed by atoms with E-state index in [-0.39, 0.29) is 0 Å². The van der Waals surface area contributed by atoms with Crippen LogP contribution in [0.2, 0.25) is 0 Å². The average Bonchev–Trinajstić information content (AvgIpc) is 3.07. The molecular formula is C25H32N4O. The minimum Gasteiger partial charge on any atom is -0.494 e. The summed E-state index contributed by atoms with van der Waals surface area (Å²) >= 11 is 0. The molecule has 30 heavy (non-hydrogen) atoms. The molecule has 1 fully saturated rings. The van der Waals surface area contributed by atoms with Crippen LogP contribution >= 0.6 is 0 Å². The number of nitrogens with zero attached hydrogens (tertiary/aromatic N) is 3. The van der Waals surface area contributed by atoms with E-state index in [4.69, 9.17) is 15.1 Å². The highest BCUT2D eigenvalue weighted by atomic mass is 16.5. The highest BCUT2D eigenvalue weighted by Gasteiger charge is 2.23. The monoisotopic (exact) mass is 404 g/mol. The number of hydrogen-bond acceptors (Lipinski definition) is 4. The second-order valence-corrected chi connectivity index (χ2v) is 8.47. The first-order valence-electron chi connectivity index (χ1n) is 11.0. The summed E-state index contributed by atoms with van der Waals surface area (Å²) in [7, 11) is 2.20. The summed E-state index contributed by atoms with van der Waals surface area (Å²) in [5.74, 6) is 2.05. The van der Waals surface area contributed by atoms with Crippen molar-refractivity contribution in [2.24, 2.45) is 0 Å². The zero-order valence-electron chi connectivity index (χ0n) is 18.3. The molecule has 0 aliphatic carbocycles. The second-order valence-electron chi connectivity index (χ2n) is 8.47. The van der Waals surface area contributed by atoms with Crippen LogP contribution in [0.25, 0.3) is 11.0 Å². The third-order valence-corrected chi connectivity index (χ3v) is 5.95. The lowest BCUT2D eigenvalue weighted by atomic mass is 10.0. The molecule has 1 N–H and O–H groups in total. The molecule has 0 atom stereocenters. The van der Waals surface area contributed by atoms with Crippen molar-refractivity contribution in [1.82, 2.24) is 14.5 Å². The Balaban J connectivity index is 1.70. The number of imidazole rings is 1. The van der Waals surface area contributed by atoms with E-state index in [0.717, 1.165) is 55.0 Å². The summed E-state index contributed by atoms with van der Waals surface area (Å²) in [5, 5.41) is 7.82.